The van der Waals surface area contributed by atoms with E-state index in [1.807, 2.05) is 42.5 Å². The highest BCUT2D eigenvalue weighted by atomic mass is 16.5. The maximum atomic E-state index is 12.3. The van der Waals surface area contributed by atoms with Crippen molar-refractivity contribution in [1.29, 1.82) is 0 Å². The van der Waals surface area contributed by atoms with E-state index in [-0.39, 0.29) is 5.97 Å². The van der Waals surface area contributed by atoms with Crippen LogP contribution in [0, 0.1) is 0 Å². The molecule has 1 heterocycles. The standard InChI is InChI=1S/C18H21NO2/c20-18(21-14-13-19-11-4-1-5-12-19)17-10-6-8-15-7-2-3-9-16(15)17/h2-3,6-10H,1,4-5,11-14H2. The fourth-order valence-corrected chi connectivity index (χ4v) is 2.93. The van der Waals surface area contributed by atoms with E-state index >= 15 is 0 Å². The third-order valence-electron chi connectivity index (χ3n) is 4.10. The molecule has 21 heavy (non-hydrogen) atoms. The number of ether oxygens (including phenoxy) is 1. The van der Waals surface area contributed by atoms with E-state index < -0.39 is 0 Å². The Balaban J connectivity index is 1.61. The van der Waals surface area contributed by atoms with E-state index in [9.17, 15) is 4.79 Å². The van der Waals surface area contributed by atoms with Gasteiger partial charge in [0.2, 0.25) is 0 Å². The number of nitrogens with zero attached hydrogens (tertiary/aromatic N) is 1. The summed E-state index contributed by atoms with van der Waals surface area (Å²) in [7, 11) is 0. The lowest BCUT2D eigenvalue weighted by Gasteiger charge is -2.25. The first-order chi connectivity index (χ1) is 10.3. The average molecular weight is 283 g/mol. The van der Waals surface area contributed by atoms with Crippen molar-refractivity contribution in [2.24, 2.45) is 0 Å². The Morgan fingerprint density at radius 1 is 1.00 bits per heavy atom. The SMILES string of the molecule is O=C(OCCN1CCCCC1)c1cccc2ccccc12. The molecular weight excluding hydrogens is 262 g/mol. The van der Waals surface area contributed by atoms with E-state index in [0.29, 0.717) is 12.2 Å². The fourth-order valence-electron chi connectivity index (χ4n) is 2.93. The number of benzene rings is 2. The summed E-state index contributed by atoms with van der Waals surface area (Å²) >= 11 is 0. The van der Waals surface area contributed by atoms with Crippen molar-refractivity contribution in [3.63, 3.8) is 0 Å². The van der Waals surface area contributed by atoms with Gasteiger partial charge >= 0.3 is 5.97 Å². The fraction of sp³-hybridized carbons (Fsp3) is 0.389. The van der Waals surface area contributed by atoms with Crippen LogP contribution >= 0.6 is 0 Å². The maximum absolute atomic E-state index is 12.3. The highest BCUT2D eigenvalue weighted by Gasteiger charge is 2.13. The Bertz CT molecular complexity index is 612. The van der Waals surface area contributed by atoms with Gasteiger partial charge in [0.1, 0.15) is 6.61 Å². The minimum Gasteiger partial charge on any atom is -0.461 e. The van der Waals surface area contributed by atoms with Crippen LogP contribution < -0.4 is 0 Å². The molecule has 0 unspecified atom stereocenters. The molecule has 3 nitrogen and oxygen atoms in total. The topological polar surface area (TPSA) is 29.5 Å². The third kappa shape index (κ3) is 3.42. The second kappa shape index (κ2) is 6.72. The Morgan fingerprint density at radius 2 is 1.76 bits per heavy atom. The molecule has 1 aliphatic rings. The van der Waals surface area contributed by atoms with E-state index in [1.165, 1.54) is 19.3 Å². The molecule has 0 bridgehead atoms. The van der Waals surface area contributed by atoms with Crippen molar-refractivity contribution in [2.45, 2.75) is 19.3 Å². The van der Waals surface area contributed by atoms with Crippen LogP contribution in [0.5, 0.6) is 0 Å². The highest BCUT2D eigenvalue weighted by Crippen LogP contribution is 2.19. The van der Waals surface area contributed by atoms with Gasteiger partial charge in [-0.05, 0) is 42.8 Å². The van der Waals surface area contributed by atoms with Gasteiger partial charge in [0, 0.05) is 6.54 Å². The molecule has 3 rings (SSSR count). The number of hydrogen-bond acceptors (Lipinski definition) is 3. The summed E-state index contributed by atoms with van der Waals surface area (Å²) in [4.78, 5) is 14.6. The first kappa shape index (κ1) is 14.1. The van der Waals surface area contributed by atoms with Crippen molar-refractivity contribution < 1.29 is 9.53 Å². The van der Waals surface area contributed by atoms with Gasteiger partial charge in [-0.3, -0.25) is 4.90 Å². The quantitative estimate of drug-likeness (QED) is 0.805. The lowest BCUT2D eigenvalue weighted by Crippen LogP contribution is -2.33. The monoisotopic (exact) mass is 283 g/mol. The molecule has 0 radical (unpaired) electrons. The maximum Gasteiger partial charge on any atom is 0.338 e. The Hall–Kier alpha value is -1.87. The Kier molecular flexibility index (Phi) is 4.51. The third-order valence-corrected chi connectivity index (χ3v) is 4.10. The lowest BCUT2D eigenvalue weighted by molar-refractivity contribution is 0.0454. The van der Waals surface area contributed by atoms with Crippen LogP contribution in [0.15, 0.2) is 42.5 Å². The minimum absolute atomic E-state index is 0.219. The molecule has 2 aromatic carbocycles. The van der Waals surface area contributed by atoms with Gasteiger partial charge in [0.05, 0.1) is 5.56 Å². The average Bonchev–Trinajstić information content (AvgIpc) is 2.55. The van der Waals surface area contributed by atoms with Crippen molar-refractivity contribution in [3.8, 4) is 0 Å². The largest absolute Gasteiger partial charge is 0.461 e. The van der Waals surface area contributed by atoms with Crippen molar-refractivity contribution in [2.75, 3.05) is 26.2 Å². The Morgan fingerprint density at radius 3 is 2.62 bits per heavy atom. The van der Waals surface area contributed by atoms with Gasteiger partial charge in [0.25, 0.3) is 0 Å². The lowest BCUT2D eigenvalue weighted by atomic mass is 10.1. The molecule has 0 aliphatic carbocycles. The zero-order valence-corrected chi connectivity index (χ0v) is 12.3. The van der Waals surface area contributed by atoms with E-state index in [4.69, 9.17) is 4.74 Å². The van der Waals surface area contributed by atoms with Gasteiger partial charge in [-0.15, -0.1) is 0 Å². The smallest absolute Gasteiger partial charge is 0.338 e. The summed E-state index contributed by atoms with van der Waals surface area (Å²) in [5.41, 5.74) is 0.659. The molecule has 0 saturated carbocycles. The minimum atomic E-state index is -0.219. The second-order valence-corrected chi connectivity index (χ2v) is 5.56. The zero-order chi connectivity index (χ0) is 14.5. The highest BCUT2D eigenvalue weighted by molar-refractivity contribution is 6.04. The number of carbonyl (C=O) groups is 1. The van der Waals surface area contributed by atoms with Gasteiger partial charge in [0.15, 0.2) is 0 Å². The van der Waals surface area contributed by atoms with Crippen molar-refractivity contribution in [3.05, 3.63) is 48.0 Å². The molecule has 0 N–H and O–H groups in total. The molecule has 0 amide bonds. The summed E-state index contributed by atoms with van der Waals surface area (Å²) in [5.74, 6) is -0.219. The van der Waals surface area contributed by atoms with Gasteiger partial charge < -0.3 is 4.74 Å². The van der Waals surface area contributed by atoms with Gasteiger partial charge in [-0.1, -0.05) is 42.8 Å². The summed E-state index contributed by atoms with van der Waals surface area (Å²) in [6.07, 6.45) is 3.85. The predicted molar refractivity (Wildman–Crippen MR) is 84.5 cm³/mol. The molecule has 0 spiro atoms. The number of hydrogen-bond donors (Lipinski definition) is 0. The van der Waals surface area contributed by atoms with Crippen LogP contribution in [0.1, 0.15) is 29.6 Å². The first-order valence-corrected chi connectivity index (χ1v) is 7.72. The van der Waals surface area contributed by atoms with Crippen LogP contribution in [-0.2, 0) is 4.74 Å². The number of fused-ring (bicyclic) bond motifs is 1. The van der Waals surface area contributed by atoms with E-state index in [0.717, 1.165) is 30.4 Å². The first-order valence-electron chi connectivity index (χ1n) is 7.72. The summed E-state index contributed by atoms with van der Waals surface area (Å²) in [6.45, 7) is 3.58. The molecule has 0 aromatic heterocycles. The van der Waals surface area contributed by atoms with Crippen LogP contribution in [0.2, 0.25) is 0 Å². The zero-order valence-electron chi connectivity index (χ0n) is 12.3. The van der Waals surface area contributed by atoms with Crippen molar-refractivity contribution >= 4 is 16.7 Å². The number of rotatable bonds is 4. The number of piperidine rings is 1. The summed E-state index contributed by atoms with van der Waals surface area (Å²) < 4.78 is 5.46. The number of carbonyl (C=O) groups excluding carboxylic acids is 1. The molecule has 1 aliphatic heterocycles. The van der Waals surface area contributed by atoms with Crippen LogP contribution in [0.25, 0.3) is 10.8 Å². The molecule has 3 heteroatoms. The molecule has 110 valence electrons. The van der Waals surface area contributed by atoms with Crippen molar-refractivity contribution in [1.82, 2.24) is 4.90 Å². The van der Waals surface area contributed by atoms with Crippen LogP contribution in [0.3, 0.4) is 0 Å². The van der Waals surface area contributed by atoms with Gasteiger partial charge in [-0.25, -0.2) is 4.79 Å². The van der Waals surface area contributed by atoms with E-state index in [1.54, 1.807) is 0 Å². The predicted octanol–water partition coefficient (Wildman–Crippen LogP) is 3.48. The molecular formula is C18H21NO2. The summed E-state index contributed by atoms with van der Waals surface area (Å²) in [6, 6.07) is 13.7. The number of likely N-dealkylation sites (tertiary alicyclic amines) is 1. The molecule has 0 atom stereocenters. The molecule has 1 saturated heterocycles. The van der Waals surface area contributed by atoms with E-state index in [2.05, 4.69) is 4.90 Å². The number of esters is 1. The second-order valence-electron chi connectivity index (χ2n) is 5.56. The van der Waals surface area contributed by atoms with Crippen LogP contribution in [0.4, 0.5) is 0 Å². The summed E-state index contributed by atoms with van der Waals surface area (Å²) in [5, 5.41) is 2.03. The van der Waals surface area contributed by atoms with Gasteiger partial charge in [-0.2, -0.15) is 0 Å². The Labute approximate surface area is 125 Å². The normalized spacial score (nSPS) is 16.0. The molecule has 1 fully saturated rings. The van der Waals surface area contributed by atoms with Crippen LogP contribution in [-0.4, -0.2) is 37.1 Å². The molecule has 2 aromatic rings.